The number of amides is 2. The van der Waals surface area contributed by atoms with Gasteiger partial charge in [0.05, 0.1) is 0 Å². The zero-order chi connectivity index (χ0) is 19.2. The summed E-state index contributed by atoms with van der Waals surface area (Å²) in [5.74, 6) is -0.633. The van der Waals surface area contributed by atoms with E-state index in [-0.39, 0.29) is 11.8 Å². The molecule has 1 aromatic heterocycles. The van der Waals surface area contributed by atoms with Crippen LogP contribution in [0.15, 0.2) is 54.6 Å². The number of aryl methyl sites for hydroxylation is 1. The maximum atomic E-state index is 12.3. The molecule has 6 nitrogen and oxygen atoms in total. The second-order valence-corrected chi connectivity index (χ2v) is 6.99. The van der Waals surface area contributed by atoms with E-state index in [1.165, 1.54) is 11.3 Å². The topological polar surface area (TPSA) is 84.0 Å². The standard InChI is InChI=1S/C20H20N4O2S/c1-3-14-9-11-15(12-10-14)18(26)21-13(2)17(25)22-20-24-23-19(27-20)16-7-5-4-6-8-16/h4-13H,3H2,1-2H3,(H,21,26)(H,22,24,25)/t13-/m0/s1. The average molecular weight is 380 g/mol. The third-order valence-electron chi connectivity index (χ3n) is 4.04. The number of anilines is 1. The summed E-state index contributed by atoms with van der Waals surface area (Å²) in [7, 11) is 0. The van der Waals surface area contributed by atoms with E-state index in [4.69, 9.17) is 0 Å². The van der Waals surface area contributed by atoms with Crippen LogP contribution in [-0.2, 0) is 11.2 Å². The Bertz CT molecular complexity index is 923. The minimum atomic E-state index is -0.701. The van der Waals surface area contributed by atoms with Gasteiger partial charge >= 0.3 is 0 Å². The molecule has 0 unspecified atom stereocenters. The summed E-state index contributed by atoms with van der Waals surface area (Å²) in [5.41, 5.74) is 2.62. The minimum absolute atomic E-state index is 0.289. The van der Waals surface area contributed by atoms with Crippen molar-refractivity contribution in [2.45, 2.75) is 26.3 Å². The van der Waals surface area contributed by atoms with Crippen LogP contribution in [0.3, 0.4) is 0 Å². The Labute approximate surface area is 161 Å². The molecule has 0 bridgehead atoms. The maximum absolute atomic E-state index is 12.3. The fourth-order valence-electron chi connectivity index (χ4n) is 2.42. The number of hydrogen-bond donors (Lipinski definition) is 2. The second-order valence-electron chi connectivity index (χ2n) is 6.01. The number of nitrogens with zero attached hydrogens (tertiary/aromatic N) is 2. The molecular weight excluding hydrogens is 360 g/mol. The maximum Gasteiger partial charge on any atom is 0.251 e. The van der Waals surface area contributed by atoms with Gasteiger partial charge in [0, 0.05) is 11.1 Å². The van der Waals surface area contributed by atoms with Crippen molar-refractivity contribution in [1.82, 2.24) is 15.5 Å². The molecule has 1 heterocycles. The van der Waals surface area contributed by atoms with Crippen molar-refractivity contribution in [2.75, 3.05) is 5.32 Å². The van der Waals surface area contributed by atoms with Gasteiger partial charge in [-0.2, -0.15) is 0 Å². The highest BCUT2D eigenvalue weighted by atomic mass is 32.1. The highest BCUT2D eigenvalue weighted by Crippen LogP contribution is 2.25. The Morgan fingerprint density at radius 2 is 1.74 bits per heavy atom. The molecule has 138 valence electrons. The van der Waals surface area contributed by atoms with E-state index in [2.05, 4.69) is 27.8 Å². The fraction of sp³-hybridized carbons (Fsp3) is 0.200. The van der Waals surface area contributed by atoms with Gasteiger partial charge in [-0.15, -0.1) is 10.2 Å². The normalized spacial score (nSPS) is 11.6. The number of carbonyl (C=O) groups excluding carboxylic acids is 2. The summed E-state index contributed by atoms with van der Waals surface area (Å²) in [5, 5.41) is 14.6. The molecule has 7 heteroatoms. The number of aromatic nitrogens is 2. The highest BCUT2D eigenvalue weighted by Gasteiger charge is 2.18. The van der Waals surface area contributed by atoms with Crippen LogP contribution >= 0.6 is 11.3 Å². The lowest BCUT2D eigenvalue weighted by Crippen LogP contribution is -2.41. The van der Waals surface area contributed by atoms with Gasteiger partial charge in [-0.1, -0.05) is 60.7 Å². The number of carbonyl (C=O) groups is 2. The zero-order valence-electron chi connectivity index (χ0n) is 15.1. The van der Waals surface area contributed by atoms with Crippen molar-refractivity contribution in [1.29, 1.82) is 0 Å². The van der Waals surface area contributed by atoms with Crippen molar-refractivity contribution >= 4 is 28.3 Å². The van der Waals surface area contributed by atoms with Crippen molar-refractivity contribution in [3.8, 4) is 10.6 Å². The number of hydrogen-bond acceptors (Lipinski definition) is 5. The smallest absolute Gasteiger partial charge is 0.251 e. The summed E-state index contributed by atoms with van der Waals surface area (Å²) < 4.78 is 0. The van der Waals surface area contributed by atoms with Crippen LogP contribution in [0.25, 0.3) is 10.6 Å². The molecule has 2 N–H and O–H groups in total. The van der Waals surface area contributed by atoms with E-state index < -0.39 is 6.04 Å². The average Bonchev–Trinajstić information content (AvgIpc) is 3.17. The molecule has 3 aromatic rings. The predicted octanol–water partition coefficient (Wildman–Crippen LogP) is 3.52. The van der Waals surface area contributed by atoms with E-state index in [0.29, 0.717) is 10.7 Å². The van der Waals surface area contributed by atoms with Crippen LogP contribution < -0.4 is 10.6 Å². The molecule has 1 atom stereocenters. The molecule has 27 heavy (non-hydrogen) atoms. The summed E-state index contributed by atoms with van der Waals surface area (Å²) in [4.78, 5) is 24.6. The number of benzene rings is 2. The summed E-state index contributed by atoms with van der Waals surface area (Å²) in [6.45, 7) is 3.69. The van der Waals surface area contributed by atoms with Gasteiger partial charge in [0.15, 0.2) is 0 Å². The van der Waals surface area contributed by atoms with Crippen LogP contribution in [-0.4, -0.2) is 28.1 Å². The first-order chi connectivity index (χ1) is 13.1. The van der Waals surface area contributed by atoms with E-state index in [1.54, 1.807) is 19.1 Å². The first kappa shape index (κ1) is 18.7. The lowest BCUT2D eigenvalue weighted by Gasteiger charge is -2.13. The molecule has 0 saturated carbocycles. The number of nitrogens with one attached hydrogen (secondary N) is 2. The van der Waals surface area contributed by atoms with Crippen LogP contribution in [0.5, 0.6) is 0 Å². The SMILES string of the molecule is CCc1ccc(C(=O)N[C@@H](C)C(=O)Nc2nnc(-c3ccccc3)s2)cc1. The van der Waals surface area contributed by atoms with E-state index in [0.717, 1.165) is 22.6 Å². The first-order valence-corrected chi connectivity index (χ1v) is 9.48. The number of rotatable bonds is 6. The van der Waals surface area contributed by atoms with Crippen molar-refractivity contribution in [2.24, 2.45) is 0 Å². The summed E-state index contributed by atoms with van der Waals surface area (Å²) >= 11 is 1.28. The van der Waals surface area contributed by atoms with E-state index in [9.17, 15) is 9.59 Å². The minimum Gasteiger partial charge on any atom is -0.341 e. The Kier molecular flexibility index (Phi) is 5.93. The molecule has 0 aliphatic heterocycles. The Hall–Kier alpha value is -3.06. The highest BCUT2D eigenvalue weighted by molar-refractivity contribution is 7.18. The van der Waals surface area contributed by atoms with E-state index >= 15 is 0 Å². The third kappa shape index (κ3) is 4.77. The Morgan fingerprint density at radius 1 is 1.04 bits per heavy atom. The largest absolute Gasteiger partial charge is 0.341 e. The van der Waals surface area contributed by atoms with Crippen molar-refractivity contribution < 1.29 is 9.59 Å². The molecule has 0 saturated heterocycles. The van der Waals surface area contributed by atoms with Crippen LogP contribution in [0.2, 0.25) is 0 Å². The third-order valence-corrected chi connectivity index (χ3v) is 4.93. The monoisotopic (exact) mass is 380 g/mol. The van der Waals surface area contributed by atoms with Crippen molar-refractivity contribution in [3.63, 3.8) is 0 Å². The lowest BCUT2D eigenvalue weighted by atomic mass is 10.1. The van der Waals surface area contributed by atoms with Gasteiger partial charge in [-0.05, 0) is 31.0 Å². The quantitative estimate of drug-likeness (QED) is 0.685. The van der Waals surface area contributed by atoms with Crippen molar-refractivity contribution in [3.05, 3.63) is 65.7 Å². The molecule has 2 aromatic carbocycles. The lowest BCUT2D eigenvalue weighted by molar-refractivity contribution is -0.117. The fourth-order valence-corrected chi connectivity index (χ4v) is 3.17. The molecule has 2 amide bonds. The molecule has 0 radical (unpaired) electrons. The summed E-state index contributed by atoms with van der Waals surface area (Å²) in [6, 6.07) is 16.3. The Morgan fingerprint density at radius 3 is 2.41 bits per heavy atom. The van der Waals surface area contributed by atoms with Crippen LogP contribution in [0, 0.1) is 0 Å². The molecule has 0 aliphatic carbocycles. The molecule has 0 aliphatic rings. The molecule has 0 fully saturated rings. The van der Waals surface area contributed by atoms with Gasteiger partial charge < -0.3 is 5.32 Å². The van der Waals surface area contributed by atoms with Gasteiger partial charge in [0.25, 0.3) is 5.91 Å². The molecular formula is C20H20N4O2S. The summed E-state index contributed by atoms with van der Waals surface area (Å²) in [6.07, 6.45) is 0.910. The Balaban J connectivity index is 1.59. The van der Waals surface area contributed by atoms with Gasteiger partial charge in [-0.3, -0.25) is 14.9 Å². The second kappa shape index (κ2) is 8.55. The predicted molar refractivity (Wildman–Crippen MR) is 107 cm³/mol. The van der Waals surface area contributed by atoms with Gasteiger partial charge in [-0.25, -0.2) is 0 Å². The molecule has 0 spiro atoms. The first-order valence-electron chi connectivity index (χ1n) is 8.66. The van der Waals surface area contributed by atoms with Crippen LogP contribution in [0.1, 0.15) is 29.8 Å². The molecule has 3 rings (SSSR count). The zero-order valence-corrected chi connectivity index (χ0v) is 15.9. The van der Waals surface area contributed by atoms with Gasteiger partial charge in [0.1, 0.15) is 11.0 Å². The van der Waals surface area contributed by atoms with Crippen LogP contribution in [0.4, 0.5) is 5.13 Å². The van der Waals surface area contributed by atoms with Gasteiger partial charge in [0.2, 0.25) is 11.0 Å². The van der Waals surface area contributed by atoms with E-state index in [1.807, 2.05) is 42.5 Å².